The van der Waals surface area contributed by atoms with Gasteiger partial charge in [0, 0.05) is 12.8 Å². The minimum Gasteiger partial charge on any atom is -0.481 e. The highest BCUT2D eigenvalue weighted by Gasteiger charge is 2.14. The van der Waals surface area contributed by atoms with E-state index >= 15 is 0 Å². The van der Waals surface area contributed by atoms with Gasteiger partial charge in [0.1, 0.15) is 6.10 Å². The number of aliphatic carboxylic acids is 1. The van der Waals surface area contributed by atoms with Crippen molar-refractivity contribution in [1.29, 1.82) is 0 Å². The van der Waals surface area contributed by atoms with Gasteiger partial charge in [-0.25, -0.2) is 0 Å². The van der Waals surface area contributed by atoms with Gasteiger partial charge >= 0.3 is 11.9 Å². The highest BCUT2D eigenvalue weighted by Crippen LogP contribution is 2.17. The lowest BCUT2D eigenvalue weighted by Gasteiger charge is -2.18. The Balaban J connectivity index is 3.58. The van der Waals surface area contributed by atoms with Crippen LogP contribution in [-0.4, -0.2) is 23.1 Å². The Morgan fingerprint density at radius 2 is 0.952 bits per heavy atom. The summed E-state index contributed by atoms with van der Waals surface area (Å²) >= 11 is 0. The molecule has 1 atom stereocenters. The number of carbonyl (C=O) groups excluding carboxylic acids is 1. The number of hydrogen-bond donors (Lipinski definition) is 1. The van der Waals surface area contributed by atoms with E-state index in [1.54, 1.807) is 0 Å². The summed E-state index contributed by atoms with van der Waals surface area (Å²) in [6, 6.07) is 0. The molecule has 0 amide bonds. The molecule has 0 aromatic carbocycles. The van der Waals surface area contributed by atoms with Crippen molar-refractivity contribution in [3.63, 3.8) is 0 Å². The van der Waals surface area contributed by atoms with Crippen molar-refractivity contribution in [2.24, 2.45) is 0 Å². The van der Waals surface area contributed by atoms with Gasteiger partial charge in [-0.2, -0.15) is 0 Å². The highest BCUT2D eigenvalue weighted by molar-refractivity contribution is 5.69. The number of hydrogen-bond acceptors (Lipinski definition) is 3. The van der Waals surface area contributed by atoms with Crippen molar-refractivity contribution in [3.8, 4) is 0 Å². The molecule has 0 aromatic heterocycles. The molecule has 246 valence electrons. The maximum absolute atomic E-state index is 12.4. The molecule has 0 rings (SSSR count). The number of carboxylic acids is 1. The van der Waals surface area contributed by atoms with Gasteiger partial charge in [0.05, 0.1) is 0 Å². The maximum atomic E-state index is 12.4. The largest absolute Gasteiger partial charge is 0.481 e. The van der Waals surface area contributed by atoms with Crippen LogP contribution in [0.1, 0.15) is 200 Å². The number of unbranched alkanes of at least 4 members (excludes halogenated alkanes) is 20. The quantitative estimate of drug-likeness (QED) is 0.0469. The van der Waals surface area contributed by atoms with E-state index in [0.717, 1.165) is 83.5 Å². The summed E-state index contributed by atoms with van der Waals surface area (Å²) in [6.45, 7) is 4.44. The Hall–Kier alpha value is -1.58. The fourth-order valence-electron chi connectivity index (χ4n) is 5.44. The van der Waals surface area contributed by atoms with Crippen LogP contribution in [0.2, 0.25) is 0 Å². The molecule has 42 heavy (non-hydrogen) atoms. The van der Waals surface area contributed by atoms with Gasteiger partial charge in [-0.1, -0.05) is 147 Å². The average molecular weight is 591 g/mol. The number of ether oxygens (including phenoxy) is 1. The van der Waals surface area contributed by atoms with Gasteiger partial charge in [-0.15, -0.1) is 0 Å². The Kier molecular flexibility index (Phi) is 32.6. The van der Waals surface area contributed by atoms with Crippen molar-refractivity contribution >= 4 is 11.9 Å². The molecule has 0 saturated heterocycles. The number of carboxylic acid groups (broad SMARTS) is 1. The Labute approximate surface area is 261 Å². The lowest BCUT2D eigenvalue weighted by atomic mass is 10.0. The van der Waals surface area contributed by atoms with Crippen molar-refractivity contribution in [2.75, 3.05) is 0 Å². The first kappa shape index (κ1) is 40.4. The molecule has 0 aliphatic rings. The van der Waals surface area contributed by atoms with Gasteiger partial charge < -0.3 is 9.84 Å². The van der Waals surface area contributed by atoms with Crippen molar-refractivity contribution in [2.45, 2.75) is 206 Å². The molecule has 4 heteroatoms. The second-order valence-electron chi connectivity index (χ2n) is 12.4. The van der Waals surface area contributed by atoms with Crippen LogP contribution in [0.3, 0.4) is 0 Å². The van der Waals surface area contributed by atoms with E-state index in [1.165, 1.54) is 89.9 Å². The molecule has 4 nitrogen and oxygen atoms in total. The monoisotopic (exact) mass is 591 g/mol. The minimum atomic E-state index is -0.696. The summed E-state index contributed by atoms with van der Waals surface area (Å²) in [5, 5.41) is 8.70. The van der Waals surface area contributed by atoms with Crippen molar-refractivity contribution < 1.29 is 19.4 Å². The van der Waals surface area contributed by atoms with E-state index in [9.17, 15) is 9.59 Å². The first-order valence-corrected chi connectivity index (χ1v) is 18.3. The molecular weight excluding hydrogens is 520 g/mol. The van der Waals surface area contributed by atoms with Crippen LogP contribution in [0.5, 0.6) is 0 Å². The minimum absolute atomic E-state index is 0.00472. The van der Waals surface area contributed by atoms with E-state index in [4.69, 9.17) is 9.84 Å². The zero-order chi connectivity index (χ0) is 30.8. The van der Waals surface area contributed by atoms with Crippen LogP contribution in [-0.2, 0) is 14.3 Å². The van der Waals surface area contributed by atoms with Gasteiger partial charge in [0.25, 0.3) is 0 Å². The Bertz CT molecular complexity index is 639. The molecule has 0 fully saturated rings. The molecule has 1 N–H and O–H groups in total. The van der Waals surface area contributed by atoms with Crippen molar-refractivity contribution in [1.82, 2.24) is 0 Å². The molecule has 0 aromatic rings. The summed E-state index contributed by atoms with van der Waals surface area (Å²) in [4.78, 5) is 23.0. The second-order valence-corrected chi connectivity index (χ2v) is 12.4. The van der Waals surface area contributed by atoms with Gasteiger partial charge in [-0.05, 0) is 64.2 Å². The van der Waals surface area contributed by atoms with E-state index in [0.29, 0.717) is 6.42 Å². The highest BCUT2D eigenvalue weighted by atomic mass is 16.5. The maximum Gasteiger partial charge on any atom is 0.306 e. The fraction of sp³-hybridized carbons (Fsp3) is 0.842. The van der Waals surface area contributed by atoms with Gasteiger partial charge in [-0.3, -0.25) is 9.59 Å². The van der Waals surface area contributed by atoms with Crippen LogP contribution < -0.4 is 0 Å². The summed E-state index contributed by atoms with van der Waals surface area (Å²) in [7, 11) is 0. The number of allylic oxidation sites excluding steroid dienone is 4. The normalized spacial score (nSPS) is 12.4. The molecule has 0 bridgehead atoms. The molecular formula is C38H70O4. The number of esters is 1. The predicted molar refractivity (Wildman–Crippen MR) is 181 cm³/mol. The first-order chi connectivity index (χ1) is 20.6. The summed E-state index contributed by atoms with van der Waals surface area (Å²) in [5.74, 6) is -0.701. The van der Waals surface area contributed by atoms with E-state index in [1.807, 2.05) is 0 Å². The SMILES string of the molecule is CCCCC/C=C\C/C=C\CCCCCCCCCCCCCC(=O)OC(CCCC)CCCCCCCCC(=O)O. The van der Waals surface area contributed by atoms with Gasteiger partial charge in [0.15, 0.2) is 0 Å². The zero-order valence-electron chi connectivity index (χ0n) is 28.1. The summed E-state index contributed by atoms with van der Waals surface area (Å²) < 4.78 is 5.86. The second kappa shape index (κ2) is 33.9. The third-order valence-electron chi connectivity index (χ3n) is 8.18. The Morgan fingerprint density at radius 1 is 0.524 bits per heavy atom. The molecule has 0 radical (unpaired) electrons. The standard InChI is InChI=1S/C38H70O4/c1-3-5-7-8-9-10-11-12-13-14-15-16-17-18-19-20-21-22-23-28-31-35-38(41)42-36(32-6-4-2)33-29-26-24-25-27-30-34-37(39)40/h9-10,12-13,36H,3-8,11,14-35H2,1-2H3,(H,39,40)/b10-9-,13-12-. The van der Waals surface area contributed by atoms with E-state index in [2.05, 4.69) is 38.2 Å². The number of rotatable bonds is 33. The van der Waals surface area contributed by atoms with Crippen LogP contribution >= 0.6 is 0 Å². The van der Waals surface area contributed by atoms with Crippen molar-refractivity contribution in [3.05, 3.63) is 24.3 Å². The van der Waals surface area contributed by atoms with Crippen LogP contribution in [0.25, 0.3) is 0 Å². The smallest absolute Gasteiger partial charge is 0.306 e. The number of carbonyl (C=O) groups is 2. The third kappa shape index (κ3) is 32.9. The topological polar surface area (TPSA) is 63.6 Å². The molecule has 0 spiro atoms. The first-order valence-electron chi connectivity index (χ1n) is 18.3. The summed E-state index contributed by atoms with van der Waals surface area (Å²) in [5.41, 5.74) is 0. The molecule has 0 aliphatic carbocycles. The Morgan fingerprint density at radius 3 is 1.48 bits per heavy atom. The lowest BCUT2D eigenvalue weighted by Crippen LogP contribution is -2.18. The predicted octanol–water partition coefficient (Wildman–Crippen LogP) is 12.4. The molecule has 0 aliphatic heterocycles. The fourth-order valence-corrected chi connectivity index (χ4v) is 5.44. The lowest BCUT2D eigenvalue weighted by molar-refractivity contribution is -0.150. The van der Waals surface area contributed by atoms with E-state index in [-0.39, 0.29) is 18.5 Å². The molecule has 0 heterocycles. The molecule has 0 saturated carbocycles. The average Bonchev–Trinajstić information content (AvgIpc) is 2.97. The van der Waals surface area contributed by atoms with E-state index < -0.39 is 5.97 Å². The van der Waals surface area contributed by atoms with Crippen LogP contribution in [0.4, 0.5) is 0 Å². The van der Waals surface area contributed by atoms with Crippen LogP contribution in [0, 0.1) is 0 Å². The third-order valence-corrected chi connectivity index (χ3v) is 8.18. The molecule has 1 unspecified atom stereocenters. The summed E-state index contributed by atoms with van der Waals surface area (Å²) in [6.07, 6.45) is 42.4. The van der Waals surface area contributed by atoms with Crippen LogP contribution in [0.15, 0.2) is 24.3 Å². The van der Waals surface area contributed by atoms with Gasteiger partial charge in [0.2, 0.25) is 0 Å². The zero-order valence-corrected chi connectivity index (χ0v) is 28.1.